The number of aliphatic carboxylic acids is 1. The van der Waals surface area contributed by atoms with Crippen LogP contribution >= 0.6 is 0 Å². The third-order valence-corrected chi connectivity index (χ3v) is 3.23. The summed E-state index contributed by atoms with van der Waals surface area (Å²) < 4.78 is 0. The molecule has 0 fully saturated rings. The average molecular weight is 292 g/mol. The van der Waals surface area contributed by atoms with Gasteiger partial charge in [0.2, 0.25) is 0 Å². The number of nitrogens with one attached hydrogen (secondary N) is 1. The number of rotatable bonds is 7. The molecule has 0 radical (unpaired) electrons. The number of nitrogens with zero attached hydrogens (tertiary/aromatic N) is 1. The van der Waals surface area contributed by atoms with E-state index in [1.165, 1.54) is 4.90 Å². The van der Waals surface area contributed by atoms with E-state index in [1.807, 2.05) is 44.2 Å². The van der Waals surface area contributed by atoms with Gasteiger partial charge in [-0.2, -0.15) is 0 Å². The van der Waals surface area contributed by atoms with Crippen molar-refractivity contribution in [2.45, 2.75) is 32.7 Å². The van der Waals surface area contributed by atoms with E-state index in [-0.39, 0.29) is 11.9 Å². The Morgan fingerprint density at radius 1 is 1.24 bits per heavy atom. The first-order valence-corrected chi connectivity index (χ1v) is 7.18. The number of urea groups is 1. The Balaban J connectivity index is 2.47. The van der Waals surface area contributed by atoms with Crippen molar-refractivity contribution in [1.29, 1.82) is 0 Å². The van der Waals surface area contributed by atoms with E-state index in [4.69, 9.17) is 5.11 Å². The SMILES string of the molecule is CC(C)CC(NC(=O)N(C)CCc1ccccc1)C(=O)O. The third-order valence-electron chi connectivity index (χ3n) is 3.23. The van der Waals surface area contributed by atoms with Gasteiger partial charge < -0.3 is 15.3 Å². The number of amides is 2. The van der Waals surface area contributed by atoms with Crippen molar-refractivity contribution in [2.24, 2.45) is 5.92 Å². The molecule has 1 aromatic rings. The van der Waals surface area contributed by atoms with Crippen LogP contribution < -0.4 is 5.32 Å². The fourth-order valence-electron chi connectivity index (χ4n) is 2.00. The molecule has 2 amide bonds. The number of hydrogen-bond donors (Lipinski definition) is 2. The van der Waals surface area contributed by atoms with E-state index in [2.05, 4.69) is 5.32 Å². The second-order valence-electron chi connectivity index (χ2n) is 5.63. The largest absolute Gasteiger partial charge is 0.480 e. The van der Waals surface area contributed by atoms with Crippen molar-refractivity contribution < 1.29 is 14.7 Å². The van der Waals surface area contributed by atoms with Crippen LogP contribution in [0, 0.1) is 5.92 Å². The Kier molecular flexibility index (Phi) is 6.72. The van der Waals surface area contributed by atoms with Gasteiger partial charge in [0.15, 0.2) is 0 Å². The fourth-order valence-corrected chi connectivity index (χ4v) is 2.00. The van der Waals surface area contributed by atoms with Gasteiger partial charge in [0, 0.05) is 13.6 Å². The lowest BCUT2D eigenvalue weighted by Gasteiger charge is -2.22. The fraction of sp³-hybridized carbons (Fsp3) is 0.500. The van der Waals surface area contributed by atoms with E-state index in [9.17, 15) is 9.59 Å². The third kappa shape index (κ3) is 6.29. The maximum Gasteiger partial charge on any atom is 0.326 e. The summed E-state index contributed by atoms with van der Waals surface area (Å²) >= 11 is 0. The van der Waals surface area contributed by atoms with Crippen LogP contribution in [0.1, 0.15) is 25.8 Å². The molecule has 1 unspecified atom stereocenters. The number of carboxylic acids is 1. The minimum absolute atomic E-state index is 0.209. The van der Waals surface area contributed by atoms with Crippen LogP contribution in [-0.2, 0) is 11.2 Å². The highest BCUT2D eigenvalue weighted by Crippen LogP contribution is 2.06. The van der Waals surface area contributed by atoms with Crippen LogP contribution in [0.4, 0.5) is 4.79 Å². The predicted molar refractivity (Wildman–Crippen MR) is 82.2 cm³/mol. The Hall–Kier alpha value is -2.04. The first-order valence-electron chi connectivity index (χ1n) is 7.18. The Morgan fingerprint density at radius 2 is 1.86 bits per heavy atom. The first-order chi connectivity index (χ1) is 9.90. The maximum absolute atomic E-state index is 12.0. The average Bonchev–Trinajstić information content (AvgIpc) is 2.44. The molecule has 1 rings (SSSR count). The summed E-state index contributed by atoms with van der Waals surface area (Å²) in [6, 6.07) is 8.69. The zero-order valence-electron chi connectivity index (χ0n) is 12.9. The second kappa shape index (κ2) is 8.29. The van der Waals surface area contributed by atoms with Gasteiger partial charge in [-0.05, 0) is 24.3 Å². The quantitative estimate of drug-likeness (QED) is 0.810. The number of carbonyl (C=O) groups is 2. The Morgan fingerprint density at radius 3 is 2.38 bits per heavy atom. The highest BCUT2D eigenvalue weighted by Gasteiger charge is 2.22. The molecule has 0 aliphatic rings. The van der Waals surface area contributed by atoms with Gasteiger partial charge in [0.1, 0.15) is 6.04 Å². The molecule has 116 valence electrons. The second-order valence-corrected chi connectivity index (χ2v) is 5.63. The lowest BCUT2D eigenvalue weighted by Crippen LogP contribution is -2.47. The normalized spacial score (nSPS) is 12.0. The molecule has 0 saturated carbocycles. The molecule has 21 heavy (non-hydrogen) atoms. The molecular weight excluding hydrogens is 268 g/mol. The van der Waals surface area contributed by atoms with Gasteiger partial charge >= 0.3 is 12.0 Å². The van der Waals surface area contributed by atoms with Gasteiger partial charge in [-0.3, -0.25) is 0 Å². The van der Waals surface area contributed by atoms with E-state index >= 15 is 0 Å². The van der Waals surface area contributed by atoms with Crippen LogP contribution in [0.15, 0.2) is 30.3 Å². The number of carbonyl (C=O) groups excluding carboxylic acids is 1. The van der Waals surface area contributed by atoms with Crippen molar-refractivity contribution in [3.05, 3.63) is 35.9 Å². The summed E-state index contributed by atoms with van der Waals surface area (Å²) in [6.07, 6.45) is 1.17. The molecular formula is C16H24N2O3. The van der Waals surface area contributed by atoms with Crippen molar-refractivity contribution >= 4 is 12.0 Å². The lowest BCUT2D eigenvalue weighted by atomic mass is 10.0. The van der Waals surface area contributed by atoms with Crippen molar-refractivity contribution in [1.82, 2.24) is 10.2 Å². The molecule has 0 bridgehead atoms. The molecule has 0 spiro atoms. The zero-order valence-corrected chi connectivity index (χ0v) is 12.9. The molecule has 0 saturated heterocycles. The van der Waals surface area contributed by atoms with E-state index < -0.39 is 12.0 Å². The van der Waals surface area contributed by atoms with Gasteiger partial charge in [-0.15, -0.1) is 0 Å². The van der Waals surface area contributed by atoms with Crippen molar-refractivity contribution in [2.75, 3.05) is 13.6 Å². The molecule has 1 aromatic carbocycles. The minimum atomic E-state index is -0.992. The van der Waals surface area contributed by atoms with Gasteiger partial charge in [0.25, 0.3) is 0 Å². The summed E-state index contributed by atoms with van der Waals surface area (Å²) in [7, 11) is 1.67. The summed E-state index contributed by atoms with van der Waals surface area (Å²) in [5.74, 6) is -0.783. The summed E-state index contributed by atoms with van der Waals surface area (Å²) in [5.41, 5.74) is 1.15. The summed E-state index contributed by atoms with van der Waals surface area (Å²) in [6.45, 7) is 4.41. The van der Waals surface area contributed by atoms with Crippen LogP contribution in [0.3, 0.4) is 0 Å². The number of likely N-dealkylation sites (N-methyl/N-ethyl adjacent to an activating group) is 1. The van der Waals surface area contributed by atoms with E-state index in [0.29, 0.717) is 13.0 Å². The van der Waals surface area contributed by atoms with E-state index in [0.717, 1.165) is 12.0 Å². The summed E-state index contributed by atoms with van der Waals surface area (Å²) in [4.78, 5) is 24.7. The van der Waals surface area contributed by atoms with Gasteiger partial charge in [-0.1, -0.05) is 44.2 Å². The van der Waals surface area contributed by atoms with Crippen molar-refractivity contribution in [3.63, 3.8) is 0 Å². The van der Waals surface area contributed by atoms with Crippen LogP contribution in [-0.4, -0.2) is 41.6 Å². The molecule has 5 heteroatoms. The number of hydrogen-bond acceptors (Lipinski definition) is 2. The molecule has 0 aliphatic carbocycles. The van der Waals surface area contributed by atoms with Gasteiger partial charge in [0.05, 0.1) is 0 Å². The van der Waals surface area contributed by atoms with Crippen LogP contribution in [0.2, 0.25) is 0 Å². The van der Waals surface area contributed by atoms with Crippen LogP contribution in [0.25, 0.3) is 0 Å². The standard InChI is InChI=1S/C16H24N2O3/c1-12(2)11-14(15(19)20)17-16(21)18(3)10-9-13-7-5-4-6-8-13/h4-8,12,14H,9-11H2,1-3H3,(H,17,21)(H,19,20). The number of benzene rings is 1. The Bertz CT molecular complexity index is 460. The summed E-state index contributed by atoms with van der Waals surface area (Å²) in [5, 5.41) is 11.7. The Labute approximate surface area is 126 Å². The van der Waals surface area contributed by atoms with Crippen LogP contribution in [0.5, 0.6) is 0 Å². The topological polar surface area (TPSA) is 69.6 Å². The van der Waals surface area contributed by atoms with Crippen molar-refractivity contribution in [3.8, 4) is 0 Å². The van der Waals surface area contributed by atoms with E-state index in [1.54, 1.807) is 7.05 Å². The molecule has 5 nitrogen and oxygen atoms in total. The zero-order chi connectivity index (χ0) is 15.8. The highest BCUT2D eigenvalue weighted by atomic mass is 16.4. The molecule has 1 atom stereocenters. The monoisotopic (exact) mass is 292 g/mol. The minimum Gasteiger partial charge on any atom is -0.480 e. The predicted octanol–water partition coefficient (Wildman–Crippen LogP) is 2.37. The molecule has 0 heterocycles. The molecule has 2 N–H and O–H groups in total. The smallest absolute Gasteiger partial charge is 0.326 e. The number of carboxylic acid groups (broad SMARTS) is 1. The molecule has 0 aliphatic heterocycles. The highest BCUT2D eigenvalue weighted by molar-refractivity contribution is 5.82. The maximum atomic E-state index is 12.0. The van der Waals surface area contributed by atoms with Gasteiger partial charge in [-0.25, -0.2) is 9.59 Å². The lowest BCUT2D eigenvalue weighted by molar-refractivity contribution is -0.139. The molecule has 0 aromatic heterocycles. The first kappa shape index (κ1) is 17.0.